The Labute approximate surface area is 62.3 Å². The highest BCUT2D eigenvalue weighted by Crippen LogP contribution is 2.06. The third-order valence-corrected chi connectivity index (χ3v) is 1.55. The van der Waals surface area contributed by atoms with Crippen LogP contribution >= 0.6 is 0 Å². The molecule has 10 heavy (non-hydrogen) atoms. The van der Waals surface area contributed by atoms with E-state index in [0.717, 1.165) is 12.3 Å². The minimum Gasteiger partial charge on any atom is -0.363 e. The SMILES string of the molecule is C[C@H]1CC=CC(N(C)C)=N1. The lowest BCUT2D eigenvalue weighted by Gasteiger charge is -2.17. The summed E-state index contributed by atoms with van der Waals surface area (Å²) in [6, 6.07) is 0.461. The molecule has 1 rings (SSSR count). The molecule has 1 aliphatic rings. The Kier molecular flexibility index (Phi) is 2.10. The molecular formula is C8H14N2. The van der Waals surface area contributed by atoms with Crippen LogP contribution in [-0.4, -0.2) is 30.9 Å². The molecule has 0 aromatic rings. The van der Waals surface area contributed by atoms with Crippen LogP contribution < -0.4 is 0 Å². The molecule has 0 N–H and O–H groups in total. The number of hydrogen-bond donors (Lipinski definition) is 0. The molecule has 0 bridgehead atoms. The maximum Gasteiger partial charge on any atom is 0.122 e. The summed E-state index contributed by atoms with van der Waals surface area (Å²) in [6.07, 6.45) is 5.32. The molecule has 0 aromatic heterocycles. The van der Waals surface area contributed by atoms with E-state index in [1.54, 1.807) is 0 Å². The summed E-state index contributed by atoms with van der Waals surface area (Å²) < 4.78 is 0. The molecule has 0 amide bonds. The van der Waals surface area contributed by atoms with Gasteiger partial charge in [-0.15, -0.1) is 0 Å². The molecule has 0 fully saturated rings. The van der Waals surface area contributed by atoms with E-state index in [-0.39, 0.29) is 0 Å². The van der Waals surface area contributed by atoms with Gasteiger partial charge in [-0.25, -0.2) is 0 Å². The van der Waals surface area contributed by atoms with Gasteiger partial charge in [0.25, 0.3) is 0 Å². The topological polar surface area (TPSA) is 15.6 Å². The number of amidine groups is 1. The van der Waals surface area contributed by atoms with Gasteiger partial charge in [0.05, 0.1) is 6.04 Å². The van der Waals surface area contributed by atoms with E-state index in [9.17, 15) is 0 Å². The largest absolute Gasteiger partial charge is 0.363 e. The quantitative estimate of drug-likeness (QED) is 0.492. The first-order valence-corrected chi connectivity index (χ1v) is 3.62. The lowest BCUT2D eigenvalue weighted by molar-refractivity contribution is 0.604. The highest BCUT2D eigenvalue weighted by atomic mass is 15.1. The Balaban J connectivity index is 2.66. The van der Waals surface area contributed by atoms with Gasteiger partial charge in [-0.1, -0.05) is 6.08 Å². The van der Waals surface area contributed by atoms with Crippen LogP contribution in [0.4, 0.5) is 0 Å². The van der Waals surface area contributed by atoms with E-state index in [4.69, 9.17) is 0 Å². The second-order valence-corrected chi connectivity index (χ2v) is 2.87. The number of dihydropyridines is 1. The first kappa shape index (κ1) is 7.32. The van der Waals surface area contributed by atoms with Gasteiger partial charge >= 0.3 is 0 Å². The van der Waals surface area contributed by atoms with Gasteiger partial charge < -0.3 is 4.90 Å². The van der Waals surface area contributed by atoms with Crippen molar-refractivity contribution in [2.45, 2.75) is 19.4 Å². The number of aliphatic imine (C=N–C) groups is 1. The van der Waals surface area contributed by atoms with Crippen LogP contribution in [0.15, 0.2) is 17.1 Å². The third-order valence-electron chi connectivity index (χ3n) is 1.55. The van der Waals surface area contributed by atoms with Crippen LogP contribution in [0, 0.1) is 0 Å². The van der Waals surface area contributed by atoms with E-state index < -0.39 is 0 Å². The van der Waals surface area contributed by atoms with E-state index in [0.29, 0.717) is 6.04 Å². The lowest BCUT2D eigenvalue weighted by Crippen LogP contribution is -2.23. The Morgan fingerprint density at radius 3 is 2.70 bits per heavy atom. The van der Waals surface area contributed by atoms with Crippen LogP contribution in [-0.2, 0) is 0 Å². The van der Waals surface area contributed by atoms with Crippen molar-refractivity contribution in [3.63, 3.8) is 0 Å². The van der Waals surface area contributed by atoms with Crippen molar-refractivity contribution in [3.8, 4) is 0 Å². The first-order valence-electron chi connectivity index (χ1n) is 3.62. The highest BCUT2D eigenvalue weighted by molar-refractivity contribution is 5.93. The van der Waals surface area contributed by atoms with E-state index in [1.807, 2.05) is 19.0 Å². The summed E-state index contributed by atoms with van der Waals surface area (Å²) in [5.74, 6) is 1.08. The average molecular weight is 138 g/mol. The molecule has 2 nitrogen and oxygen atoms in total. The third kappa shape index (κ3) is 1.59. The van der Waals surface area contributed by atoms with Gasteiger partial charge in [-0.2, -0.15) is 0 Å². The predicted molar refractivity (Wildman–Crippen MR) is 44.3 cm³/mol. The van der Waals surface area contributed by atoms with Crippen LogP contribution in [0.2, 0.25) is 0 Å². The summed E-state index contributed by atoms with van der Waals surface area (Å²) >= 11 is 0. The fraction of sp³-hybridized carbons (Fsp3) is 0.625. The van der Waals surface area contributed by atoms with Gasteiger partial charge in [0, 0.05) is 14.1 Å². The molecule has 0 saturated carbocycles. The van der Waals surface area contributed by atoms with Crippen molar-refractivity contribution < 1.29 is 0 Å². The van der Waals surface area contributed by atoms with Crippen molar-refractivity contribution in [3.05, 3.63) is 12.2 Å². The molecule has 0 aliphatic carbocycles. The van der Waals surface area contributed by atoms with Gasteiger partial charge in [0.2, 0.25) is 0 Å². The minimum absolute atomic E-state index is 0.461. The fourth-order valence-corrected chi connectivity index (χ4v) is 0.956. The predicted octanol–water partition coefficient (Wildman–Crippen LogP) is 1.29. The number of likely N-dealkylation sites (N-methyl/N-ethyl adjacent to an activating group) is 1. The molecule has 56 valence electrons. The zero-order chi connectivity index (χ0) is 7.56. The number of rotatable bonds is 0. The molecular weight excluding hydrogens is 124 g/mol. The van der Waals surface area contributed by atoms with Gasteiger partial charge in [0.1, 0.15) is 5.84 Å². The van der Waals surface area contributed by atoms with Crippen molar-refractivity contribution >= 4 is 5.84 Å². The fourth-order valence-electron chi connectivity index (χ4n) is 0.956. The zero-order valence-electron chi connectivity index (χ0n) is 6.83. The Morgan fingerprint density at radius 2 is 2.30 bits per heavy atom. The van der Waals surface area contributed by atoms with Crippen LogP contribution in [0.5, 0.6) is 0 Å². The summed E-state index contributed by atoms with van der Waals surface area (Å²) in [6.45, 7) is 2.13. The molecule has 0 unspecified atom stereocenters. The molecule has 0 spiro atoms. The maximum atomic E-state index is 4.44. The van der Waals surface area contributed by atoms with Gasteiger partial charge in [0.15, 0.2) is 0 Å². The number of nitrogens with zero attached hydrogens (tertiary/aromatic N) is 2. The summed E-state index contributed by atoms with van der Waals surface area (Å²) in [7, 11) is 4.03. The molecule has 1 heterocycles. The van der Waals surface area contributed by atoms with Crippen LogP contribution in [0.25, 0.3) is 0 Å². The second kappa shape index (κ2) is 2.86. The standard InChI is InChI=1S/C8H14N2/c1-7-5-4-6-8(9-7)10(2)3/h4,6-7H,5H2,1-3H3/t7-/m0/s1. The lowest BCUT2D eigenvalue weighted by atomic mass is 10.2. The second-order valence-electron chi connectivity index (χ2n) is 2.87. The average Bonchev–Trinajstić information content (AvgIpc) is 1.88. The van der Waals surface area contributed by atoms with Crippen LogP contribution in [0.3, 0.4) is 0 Å². The maximum absolute atomic E-state index is 4.44. The van der Waals surface area contributed by atoms with Gasteiger partial charge in [-0.3, -0.25) is 4.99 Å². The van der Waals surface area contributed by atoms with Crippen molar-refractivity contribution in [2.75, 3.05) is 14.1 Å². The number of hydrogen-bond acceptors (Lipinski definition) is 2. The zero-order valence-corrected chi connectivity index (χ0v) is 6.83. The molecule has 2 heteroatoms. The highest BCUT2D eigenvalue weighted by Gasteiger charge is 2.05. The van der Waals surface area contributed by atoms with Crippen LogP contribution in [0.1, 0.15) is 13.3 Å². The molecule has 0 saturated heterocycles. The van der Waals surface area contributed by atoms with Gasteiger partial charge in [-0.05, 0) is 19.4 Å². The van der Waals surface area contributed by atoms with E-state index in [1.165, 1.54) is 0 Å². The summed E-state index contributed by atoms with van der Waals surface area (Å²) in [5, 5.41) is 0. The van der Waals surface area contributed by atoms with Crippen molar-refractivity contribution in [2.24, 2.45) is 4.99 Å². The minimum atomic E-state index is 0.461. The monoisotopic (exact) mass is 138 g/mol. The normalized spacial score (nSPS) is 24.3. The summed E-state index contributed by atoms with van der Waals surface area (Å²) in [4.78, 5) is 6.47. The smallest absolute Gasteiger partial charge is 0.122 e. The van der Waals surface area contributed by atoms with E-state index >= 15 is 0 Å². The molecule has 0 aromatic carbocycles. The van der Waals surface area contributed by atoms with Crippen molar-refractivity contribution in [1.29, 1.82) is 0 Å². The van der Waals surface area contributed by atoms with E-state index in [2.05, 4.69) is 24.1 Å². The molecule has 0 radical (unpaired) electrons. The Bertz CT molecular complexity index is 168. The summed E-state index contributed by atoms with van der Waals surface area (Å²) in [5.41, 5.74) is 0. The van der Waals surface area contributed by atoms with Crippen molar-refractivity contribution in [1.82, 2.24) is 4.90 Å². The Hall–Kier alpha value is -0.790. The molecule has 1 aliphatic heterocycles. The molecule has 1 atom stereocenters. The first-order chi connectivity index (χ1) is 4.70. The Morgan fingerprint density at radius 1 is 1.60 bits per heavy atom.